The summed E-state index contributed by atoms with van der Waals surface area (Å²) >= 11 is 0. The van der Waals surface area contributed by atoms with Gasteiger partial charge in [-0.15, -0.1) is 0 Å². The standard InChI is InChI=1S/C24H24N4O6/c1-5-33-24(30)21-22(27-13-34-21)28-12-18(17-8-14(2)25-11-19(17)28)23(29)26-10-15-6-7-16(31-3)9-20(15)32-4/h6-9,11-13H,5,10H2,1-4H3,(H,26,29). The van der Waals surface area contributed by atoms with E-state index in [4.69, 9.17) is 18.6 Å². The summed E-state index contributed by atoms with van der Waals surface area (Å²) in [5, 5.41) is 3.58. The first kappa shape index (κ1) is 22.8. The Labute approximate surface area is 195 Å². The molecular formula is C24H24N4O6. The van der Waals surface area contributed by atoms with E-state index in [0.29, 0.717) is 28.0 Å². The van der Waals surface area contributed by atoms with Crippen molar-refractivity contribution in [1.82, 2.24) is 19.9 Å². The summed E-state index contributed by atoms with van der Waals surface area (Å²) in [4.78, 5) is 34.0. The van der Waals surface area contributed by atoms with Crippen LogP contribution in [0.1, 0.15) is 39.1 Å². The molecule has 0 aliphatic rings. The summed E-state index contributed by atoms with van der Waals surface area (Å²) in [5.41, 5.74) is 2.52. The number of fused-ring (bicyclic) bond motifs is 1. The molecule has 0 bridgehead atoms. The smallest absolute Gasteiger partial charge is 0.378 e. The van der Waals surface area contributed by atoms with E-state index in [1.807, 2.05) is 13.0 Å². The zero-order valence-electron chi connectivity index (χ0n) is 19.2. The fourth-order valence-corrected chi connectivity index (χ4v) is 3.60. The van der Waals surface area contributed by atoms with Crippen LogP contribution in [0.15, 0.2) is 47.5 Å². The van der Waals surface area contributed by atoms with Crippen molar-refractivity contribution in [2.45, 2.75) is 20.4 Å². The second-order valence-electron chi connectivity index (χ2n) is 7.34. The first-order chi connectivity index (χ1) is 16.5. The van der Waals surface area contributed by atoms with Crippen molar-refractivity contribution >= 4 is 22.8 Å². The van der Waals surface area contributed by atoms with Gasteiger partial charge < -0.3 is 23.9 Å². The third-order valence-corrected chi connectivity index (χ3v) is 5.24. The number of aromatic nitrogens is 3. The first-order valence-corrected chi connectivity index (χ1v) is 10.5. The van der Waals surface area contributed by atoms with Crippen molar-refractivity contribution in [1.29, 1.82) is 0 Å². The van der Waals surface area contributed by atoms with Crippen molar-refractivity contribution in [3.63, 3.8) is 0 Å². The van der Waals surface area contributed by atoms with E-state index in [1.54, 1.807) is 56.3 Å². The fourth-order valence-electron chi connectivity index (χ4n) is 3.60. The number of hydrogen-bond acceptors (Lipinski definition) is 8. The largest absolute Gasteiger partial charge is 0.497 e. The number of carbonyl (C=O) groups excluding carboxylic acids is 2. The molecule has 0 unspecified atom stereocenters. The Morgan fingerprint density at radius 3 is 2.71 bits per heavy atom. The predicted octanol–water partition coefficient (Wildman–Crippen LogP) is 3.45. The van der Waals surface area contributed by atoms with Crippen molar-refractivity contribution in [3.8, 4) is 17.3 Å². The maximum absolute atomic E-state index is 13.2. The molecule has 176 valence electrons. The van der Waals surface area contributed by atoms with Crippen LogP contribution >= 0.6 is 0 Å². The van der Waals surface area contributed by atoms with Gasteiger partial charge in [-0.25, -0.2) is 4.79 Å². The number of pyridine rings is 1. The summed E-state index contributed by atoms with van der Waals surface area (Å²) in [7, 11) is 3.13. The highest BCUT2D eigenvalue weighted by atomic mass is 16.5. The molecule has 0 saturated carbocycles. The van der Waals surface area contributed by atoms with Crippen LogP contribution in [-0.2, 0) is 11.3 Å². The minimum Gasteiger partial charge on any atom is -0.497 e. The van der Waals surface area contributed by atoms with E-state index >= 15 is 0 Å². The molecule has 10 nitrogen and oxygen atoms in total. The van der Waals surface area contributed by atoms with Crippen LogP contribution in [0.2, 0.25) is 0 Å². The summed E-state index contributed by atoms with van der Waals surface area (Å²) < 4.78 is 22.6. The third-order valence-electron chi connectivity index (χ3n) is 5.24. The van der Waals surface area contributed by atoms with E-state index < -0.39 is 5.97 Å². The van der Waals surface area contributed by atoms with Crippen LogP contribution in [0.5, 0.6) is 11.5 Å². The number of ether oxygens (including phenoxy) is 3. The van der Waals surface area contributed by atoms with Gasteiger partial charge in [0.1, 0.15) is 11.5 Å². The lowest BCUT2D eigenvalue weighted by molar-refractivity contribution is 0.0490. The molecule has 1 amide bonds. The molecule has 0 saturated heterocycles. The number of nitrogens with one attached hydrogen (secondary N) is 1. The van der Waals surface area contributed by atoms with Gasteiger partial charge >= 0.3 is 5.97 Å². The number of amides is 1. The van der Waals surface area contributed by atoms with Gasteiger partial charge in [0, 0.05) is 35.5 Å². The number of hydrogen-bond donors (Lipinski definition) is 1. The van der Waals surface area contributed by atoms with Crippen LogP contribution < -0.4 is 14.8 Å². The number of methoxy groups -OCH3 is 2. The number of esters is 1. The zero-order chi connectivity index (χ0) is 24.2. The summed E-state index contributed by atoms with van der Waals surface area (Å²) in [6.45, 7) is 3.96. The van der Waals surface area contributed by atoms with Gasteiger partial charge in [0.2, 0.25) is 0 Å². The number of nitrogens with zero attached hydrogens (tertiary/aromatic N) is 3. The molecule has 10 heteroatoms. The molecule has 4 rings (SSSR count). The molecule has 0 radical (unpaired) electrons. The van der Waals surface area contributed by atoms with Gasteiger partial charge in [-0.2, -0.15) is 4.98 Å². The molecule has 0 atom stereocenters. The topological polar surface area (TPSA) is 118 Å². The quantitative estimate of drug-likeness (QED) is 0.394. The Morgan fingerprint density at radius 2 is 1.97 bits per heavy atom. The van der Waals surface area contributed by atoms with Crippen LogP contribution in [0.4, 0.5) is 0 Å². The molecule has 0 aliphatic heterocycles. The SMILES string of the molecule is CCOC(=O)c1ocnc1-n1cc(C(=O)NCc2ccc(OC)cc2OC)c2cc(C)ncc21. The lowest BCUT2D eigenvalue weighted by atomic mass is 10.1. The number of carbonyl (C=O) groups is 2. The van der Waals surface area contributed by atoms with Crippen LogP contribution in [0.25, 0.3) is 16.7 Å². The average molecular weight is 464 g/mol. The minimum absolute atomic E-state index is 0.0609. The molecule has 0 fully saturated rings. The number of oxazole rings is 1. The monoisotopic (exact) mass is 464 g/mol. The van der Waals surface area contributed by atoms with Gasteiger partial charge in [-0.3, -0.25) is 14.3 Å². The molecule has 0 spiro atoms. The fraction of sp³-hybridized carbons (Fsp3) is 0.250. The van der Waals surface area contributed by atoms with Crippen molar-refractivity contribution < 1.29 is 28.2 Å². The number of aryl methyl sites for hydroxylation is 1. The maximum Gasteiger partial charge on any atom is 0.378 e. The Bertz CT molecular complexity index is 1360. The van der Waals surface area contributed by atoms with E-state index in [1.165, 1.54) is 0 Å². The van der Waals surface area contributed by atoms with Crippen molar-refractivity contribution in [2.75, 3.05) is 20.8 Å². The lowest BCUT2D eigenvalue weighted by Gasteiger charge is -2.11. The second kappa shape index (κ2) is 9.65. The number of benzene rings is 1. The highest BCUT2D eigenvalue weighted by molar-refractivity contribution is 6.07. The maximum atomic E-state index is 13.2. The molecule has 4 aromatic rings. The molecule has 1 N–H and O–H groups in total. The van der Waals surface area contributed by atoms with E-state index in [-0.39, 0.29) is 30.6 Å². The van der Waals surface area contributed by atoms with Crippen molar-refractivity contribution in [3.05, 3.63) is 65.6 Å². The van der Waals surface area contributed by atoms with E-state index in [0.717, 1.165) is 17.7 Å². The van der Waals surface area contributed by atoms with Crippen molar-refractivity contribution in [2.24, 2.45) is 0 Å². The molecule has 1 aromatic carbocycles. The Hall–Kier alpha value is -4.34. The highest BCUT2D eigenvalue weighted by Crippen LogP contribution is 2.28. The lowest BCUT2D eigenvalue weighted by Crippen LogP contribution is -2.23. The molecule has 3 heterocycles. The summed E-state index contributed by atoms with van der Waals surface area (Å²) in [6, 6.07) is 7.19. The third kappa shape index (κ3) is 4.29. The first-order valence-electron chi connectivity index (χ1n) is 10.5. The molecular weight excluding hydrogens is 440 g/mol. The Balaban J connectivity index is 1.69. The van der Waals surface area contributed by atoms with Gasteiger partial charge in [0.25, 0.3) is 11.7 Å². The molecule has 3 aromatic heterocycles. The van der Waals surface area contributed by atoms with Gasteiger partial charge in [0.15, 0.2) is 12.2 Å². The van der Waals surface area contributed by atoms with Crippen LogP contribution in [0.3, 0.4) is 0 Å². The second-order valence-corrected chi connectivity index (χ2v) is 7.34. The zero-order valence-corrected chi connectivity index (χ0v) is 19.2. The average Bonchev–Trinajstić information content (AvgIpc) is 3.47. The summed E-state index contributed by atoms with van der Waals surface area (Å²) in [5.74, 6) is 0.453. The van der Waals surface area contributed by atoms with Gasteiger partial charge in [-0.05, 0) is 32.0 Å². The Kier molecular flexibility index (Phi) is 6.48. The minimum atomic E-state index is -0.644. The molecule has 34 heavy (non-hydrogen) atoms. The molecule has 0 aliphatic carbocycles. The Morgan fingerprint density at radius 1 is 1.15 bits per heavy atom. The van der Waals surface area contributed by atoms with Crippen LogP contribution in [-0.4, -0.2) is 47.2 Å². The van der Waals surface area contributed by atoms with Gasteiger partial charge in [0.05, 0.1) is 38.1 Å². The van der Waals surface area contributed by atoms with E-state index in [2.05, 4.69) is 15.3 Å². The van der Waals surface area contributed by atoms with Gasteiger partial charge in [-0.1, -0.05) is 0 Å². The normalized spacial score (nSPS) is 10.8. The van der Waals surface area contributed by atoms with E-state index in [9.17, 15) is 9.59 Å². The predicted molar refractivity (Wildman–Crippen MR) is 123 cm³/mol. The highest BCUT2D eigenvalue weighted by Gasteiger charge is 2.24. The summed E-state index contributed by atoms with van der Waals surface area (Å²) in [6.07, 6.45) is 4.38. The number of rotatable bonds is 8. The van der Waals surface area contributed by atoms with Crippen LogP contribution in [0, 0.1) is 6.92 Å².